The van der Waals surface area contributed by atoms with Crippen molar-refractivity contribution in [3.05, 3.63) is 18.5 Å². The summed E-state index contributed by atoms with van der Waals surface area (Å²) >= 11 is 0. The van der Waals surface area contributed by atoms with E-state index in [4.69, 9.17) is 5.11 Å². The van der Waals surface area contributed by atoms with E-state index < -0.39 is 0 Å². The van der Waals surface area contributed by atoms with Crippen LogP contribution in [-0.4, -0.2) is 52.8 Å². The lowest BCUT2D eigenvalue weighted by Crippen LogP contribution is -2.31. The first-order valence-corrected chi connectivity index (χ1v) is 5.21. The highest BCUT2D eigenvalue weighted by Gasteiger charge is 2.00. The first kappa shape index (κ1) is 11.9. The molecule has 0 atom stereocenters. The first-order chi connectivity index (χ1) is 7.36. The van der Waals surface area contributed by atoms with E-state index in [2.05, 4.69) is 27.1 Å². The molecule has 1 aromatic rings. The van der Waals surface area contributed by atoms with Crippen molar-refractivity contribution in [2.75, 3.05) is 38.1 Å². The molecule has 2 N–H and O–H groups in total. The Bertz CT molecular complexity index is 255. The molecule has 5 heteroatoms. The third-order valence-corrected chi connectivity index (χ3v) is 2.14. The van der Waals surface area contributed by atoms with E-state index >= 15 is 0 Å². The number of hydrogen-bond acceptors (Lipinski definition) is 5. The maximum Gasteiger partial charge on any atom is 0.222 e. The molecule has 0 spiro atoms. The molecule has 1 rings (SSSR count). The Kier molecular flexibility index (Phi) is 5.65. The Morgan fingerprint density at radius 2 is 2.07 bits per heavy atom. The minimum Gasteiger partial charge on any atom is -0.395 e. The molecule has 0 aliphatic rings. The van der Waals surface area contributed by atoms with Crippen molar-refractivity contribution in [1.29, 1.82) is 0 Å². The average Bonchev–Trinajstić information content (AvgIpc) is 2.29. The summed E-state index contributed by atoms with van der Waals surface area (Å²) in [5.41, 5.74) is 0. The van der Waals surface area contributed by atoms with Gasteiger partial charge in [-0.05, 0) is 12.6 Å². The third-order valence-electron chi connectivity index (χ3n) is 2.14. The van der Waals surface area contributed by atoms with Gasteiger partial charge in [-0.3, -0.25) is 4.90 Å². The summed E-state index contributed by atoms with van der Waals surface area (Å²) in [5.74, 6) is 0.651. The van der Waals surface area contributed by atoms with Crippen LogP contribution in [0, 0.1) is 0 Å². The van der Waals surface area contributed by atoms with Crippen LogP contribution in [0.2, 0.25) is 0 Å². The molecule has 84 valence electrons. The van der Waals surface area contributed by atoms with Crippen LogP contribution in [0.1, 0.15) is 6.92 Å². The molecule has 0 unspecified atom stereocenters. The van der Waals surface area contributed by atoms with Crippen LogP contribution >= 0.6 is 0 Å². The molecule has 0 aromatic carbocycles. The molecule has 0 aliphatic heterocycles. The molecular weight excluding hydrogens is 192 g/mol. The zero-order valence-corrected chi connectivity index (χ0v) is 9.06. The highest BCUT2D eigenvalue weighted by molar-refractivity contribution is 5.21. The quantitative estimate of drug-likeness (QED) is 0.673. The number of nitrogens with zero attached hydrogens (tertiary/aromatic N) is 3. The molecule has 1 aromatic heterocycles. The van der Waals surface area contributed by atoms with E-state index in [1.807, 2.05) is 0 Å². The molecule has 0 fully saturated rings. The fraction of sp³-hybridized carbons (Fsp3) is 0.600. The van der Waals surface area contributed by atoms with Gasteiger partial charge in [-0.2, -0.15) is 0 Å². The molecule has 1 heterocycles. The van der Waals surface area contributed by atoms with Crippen molar-refractivity contribution in [2.45, 2.75) is 6.92 Å². The van der Waals surface area contributed by atoms with Gasteiger partial charge in [-0.1, -0.05) is 6.92 Å². The summed E-state index contributed by atoms with van der Waals surface area (Å²) in [4.78, 5) is 10.3. The average molecular weight is 210 g/mol. The number of aromatic nitrogens is 2. The minimum atomic E-state index is 0.204. The lowest BCUT2D eigenvalue weighted by Gasteiger charge is -2.18. The Balaban J connectivity index is 2.20. The minimum absolute atomic E-state index is 0.204. The van der Waals surface area contributed by atoms with Gasteiger partial charge in [0.05, 0.1) is 6.61 Å². The highest BCUT2D eigenvalue weighted by Crippen LogP contribution is 1.93. The standard InChI is InChI=1S/C10H18N4O/c1-2-14(8-9-15)7-6-13-10-11-4-3-5-12-10/h3-5,15H,2,6-9H2,1H3,(H,11,12,13). The fourth-order valence-corrected chi connectivity index (χ4v) is 1.29. The molecule has 0 aliphatic carbocycles. The van der Waals surface area contributed by atoms with Gasteiger partial charge in [0.15, 0.2) is 0 Å². The number of rotatable bonds is 7. The zero-order chi connectivity index (χ0) is 10.9. The summed E-state index contributed by atoms with van der Waals surface area (Å²) in [6, 6.07) is 1.79. The van der Waals surface area contributed by atoms with Crippen molar-refractivity contribution in [2.24, 2.45) is 0 Å². The topological polar surface area (TPSA) is 61.3 Å². The monoisotopic (exact) mass is 210 g/mol. The van der Waals surface area contributed by atoms with Crippen molar-refractivity contribution in [3.63, 3.8) is 0 Å². The fourth-order valence-electron chi connectivity index (χ4n) is 1.29. The number of aliphatic hydroxyl groups excluding tert-OH is 1. The van der Waals surface area contributed by atoms with Crippen LogP contribution in [-0.2, 0) is 0 Å². The smallest absolute Gasteiger partial charge is 0.222 e. The van der Waals surface area contributed by atoms with Crippen LogP contribution in [0.15, 0.2) is 18.5 Å². The van der Waals surface area contributed by atoms with E-state index in [0.29, 0.717) is 12.5 Å². The molecule has 0 amide bonds. The summed E-state index contributed by atoms with van der Waals surface area (Å²) in [6.07, 6.45) is 3.42. The largest absolute Gasteiger partial charge is 0.395 e. The Morgan fingerprint density at radius 1 is 1.33 bits per heavy atom. The van der Waals surface area contributed by atoms with Crippen LogP contribution in [0.4, 0.5) is 5.95 Å². The van der Waals surface area contributed by atoms with Gasteiger partial charge >= 0.3 is 0 Å². The number of hydrogen-bond donors (Lipinski definition) is 2. The molecule has 0 saturated heterocycles. The van der Waals surface area contributed by atoms with E-state index in [1.165, 1.54) is 0 Å². The summed E-state index contributed by atoms with van der Waals surface area (Å²) < 4.78 is 0. The second-order valence-corrected chi connectivity index (χ2v) is 3.16. The second-order valence-electron chi connectivity index (χ2n) is 3.16. The lowest BCUT2D eigenvalue weighted by atomic mass is 10.4. The summed E-state index contributed by atoms with van der Waals surface area (Å²) in [5, 5.41) is 11.9. The van der Waals surface area contributed by atoms with Gasteiger partial charge < -0.3 is 10.4 Å². The maximum atomic E-state index is 8.80. The predicted octanol–water partition coefficient (Wildman–Crippen LogP) is 0.203. The number of nitrogens with one attached hydrogen (secondary N) is 1. The van der Waals surface area contributed by atoms with Gasteiger partial charge in [0, 0.05) is 32.0 Å². The van der Waals surface area contributed by atoms with E-state index in [0.717, 1.165) is 19.6 Å². The van der Waals surface area contributed by atoms with Crippen LogP contribution in [0.25, 0.3) is 0 Å². The van der Waals surface area contributed by atoms with E-state index in [1.54, 1.807) is 18.5 Å². The summed E-state index contributed by atoms with van der Waals surface area (Å²) in [7, 11) is 0. The lowest BCUT2D eigenvalue weighted by molar-refractivity contribution is 0.206. The van der Waals surface area contributed by atoms with Gasteiger partial charge in [0.25, 0.3) is 0 Å². The van der Waals surface area contributed by atoms with Crippen LogP contribution in [0.5, 0.6) is 0 Å². The van der Waals surface area contributed by atoms with Gasteiger partial charge in [0.1, 0.15) is 0 Å². The Hall–Kier alpha value is -1.20. The second kappa shape index (κ2) is 7.14. The van der Waals surface area contributed by atoms with Gasteiger partial charge in [-0.25, -0.2) is 9.97 Å². The van der Waals surface area contributed by atoms with E-state index in [-0.39, 0.29) is 6.61 Å². The van der Waals surface area contributed by atoms with Crippen LogP contribution in [0.3, 0.4) is 0 Å². The Morgan fingerprint density at radius 3 is 2.67 bits per heavy atom. The van der Waals surface area contributed by atoms with Crippen molar-refractivity contribution in [3.8, 4) is 0 Å². The Labute approximate surface area is 90.2 Å². The van der Waals surface area contributed by atoms with Crippen molar-refractivity contribution in [1.82, 2.24) is 14.9 Å². The molecule has 0 saturated carbocycles. The zero-order valence-electron chi connectivity index (χ0n) is 9.06. The number of likely N-dealkylation sites (N-methyl/N-ethyl adjacent to an activating group) is 1. The van der Waals surface area contributed by atoms with Crippen LogP contribution < -0.4 is 5.32 Å². The molecule has 5 nitrogen and oxygen atoms in total. The van der Waals surface area contributed by atoms with Crippen molar-refractivity contribution < 1.29 is 5.11 Å². The summed E-state index contributed by atoms with van der Waals surface area (Å²) in [6.45, 7) is 5.61. The van der Waals surface area contributed by atoms with E-state index in [9.17, 15) is 0 Å². The third kappa shape index (κ3) is 4.71. The SMILES string of the molecule is CCN(CCO)CCNc1ncccn1. The first-order valence-electron chi connectivity index (χ1n) is 5.21. The number of aliphatic hydroxyl groups is 1. The number of anilines is 1. The van der Waals surface area contributed by atoms with Gasteiger partial charge in [-0.15, -0.1) is 0 Å². The highest BCUT2D eigenvalue weighted by atomic mass is 16.3. The molecule has 15 heavy (non-hydrogen) atoms. The molecule has 0 radical (unpaired) electrons. The molecular formula is C10H18N4O. The van der Waals surface area contributed by atoms with Crippen molar-refractivity contribution >= 4 is 5.95 Å². The predicted molar refractivity (Wildman–Crippen MR) is 59.7 cm³/mol. The van der Waals surface area contributed by atoms with Gasteiger partial charge in [0.2, 0.25) is 5.95 Å². The maximum absolute atomic E-state index is 8.80. The normalized spacial score (nSPS) is 10.6. The molecule has 0 bridgehead atoms.